The second-order valence-electron chi connectivity index (χ2n) is 8.76. The summed E-state index contributed by atoms with van der Waals surface area (Å²) in [5.74, 6) is -2.95. The van der Waals surface area contributed by atoms with Gasteiger partial charge in [-0.15, -0.1) is 23.5 Å². The number of hydrogen-bond donors (Lipinski definition) is 3. The number of carbonyl (C=O) groups excluding carboxylic acids is 3. The first-order valence-electron chi connectivity index (χ1n) is 11.9. The SMILES string of the molecule is O=C(CSc1ccccc1)N[C@@H]1C(=O)N2C(C(=O)O)=C(/C=C3\CCN(CC(F)(F)F)C3=O)CS[C@H]12.c1c[nH]cn1. The minimum absolute atomic E-state index is 0.0467. The van der Waals surface area contributed by atoms with Crippen molar-refractivity contribution in [3.05, 3.63) is 72.0 Å². The molecule has 0 saturated carbocycles. The van der Waals surface area contributed by atoms with E-state index in [1.807, 2.05) is 30.3 Å². The van der Waals surface area contributed by atoms with Crippen LogP contribution in [0.1, 0.15) is 6.42 Å². The Hall–Kier alpha value is -3.72. The van der Waals surface area contributed by atoms with Crippen LogP contribution in [0, 0.1) is 0 Å². The molecule has 0 aliphatic carbocycles. The predicted octanol–water partition coefficient (Wildman–Crippen LogP) is 2.65. The summed E-state index contributed by atoms with van der Waals surface area (Å²) >= 11 is 2.52. The zero-order chi connectivity index (χ0) is 28.9. The topological polar surface area (TPSA) is 136 Å². The number of rotatable bonds is 7. The van der Waals surface area contributed by atoms with Gasteiger partial charge in [0.05, 0.1) is 12.1 Å². The molecule has 0 bridgehead atoms. The van der Waals surface area contributed by atoms with E-state index < -0.39 is 41.9 Å². The number of benzene rings is 1. The van der Waals surface area contributed by atoms with E-state index in [1.54, 1.807) is 18.7 Å². The number of aliphatic carboxylic acids is 1. The van der Waals surface area contributed by atoms with Crippen molar-refractivity contribution in [2.75, 3.05) is 24.6 Å². The van der Waals surface area contributed by atoms with Crippen LogP contribution in [-0.2, 0) is 19.2 Å². The van der Waals surface area contributed by atoms with Crippen LogP contribution >= 0.6 is 23.5 Å². The minimum Gasteiger partial charge on any atom is -0.477 e. The molecule has 3 N–H and O–H groups in total. The Morgan fingerprint density at radius 1 is 1.25 bits per heavy atom. The number of carboxylic acids is 1. The number of amides is 3. The van der Waals surface area contributed by atoms with E-state index in [-0.39, 0.29) is 47.2 Å². The first kappa shape index (κ1) is 29.3. The molecule has 212 valence electrons. The third-order valence-electron chi connectivity index (χ3n) is 5.97. The van der Waals surface area contributed by atoms with Gasteiger partial charge in [-0.05, 0) is 30.2 Å². The van der Waals surface area contributed by atoms with Gasteiger partial charge in [-0.25, -0.2) is 9.78 Å². The van der Waals surface area contributed by atoms with E-state index in [0.717, 1.165) is 9.80 Å². The number of halogens is 3. The minimum atomic E-state index is -4.53. The van der Waals surface area contributed by atoms with Crippen molar-refractivity contribution in [3.63, 3.8) is 0 Å². The normalized spacial score (nSPS) is 21.5. The van der Waals surface area contributed by atoms with Crippen LogP contribution in [0.2, 0.25) is 0 Å². The highest BCUT2D eigenvalue weighted by atomic mass is 32.2. The fourth-order valence-corrected chi connectivity index (χ4v) is 6.26. The standard InChI is InChI=1S/C22H20F3N3O5S2.C3H4N2/c23-22(24,25)11-27-7-6-12(18(27)30)8-13-9-35-20-16(19(31)28(20)17(13)21(32)33)26-15(29)10-34-14-4-2-1-3-5-14;1-2-5-3-4-1/h1-5,8,16,20H,6-7,9-11H2,(H,26,29)(H,32,33);1-3H,(H,4,5)/b12-8+;/t16-,20-;/m1./s1. The Balaban J connectivity index is 0.000000666. The second kappa shape index (κ2) is 12.6. The zero-order valence-electron chi connectivity index (χ0n) is 20.8. The summed E-state index contributed by atoms with van der Waals surface area (Å²) in [7, 11) is 0. The summed E-state index contributed by atoms with van der Waals surface area (Å²) in [6.07, 6.45) is 1.87. The van der Waals surface area contributed by atoms with Gasteiger partial charge in [0.15, 0.2) is 0 Å². The number of alkyl halides is 3. The molecular formula is C25H24F3N5O5S2. The maximum atomic E-state index is 12.7. The van der Waals surface area contributed by atoms with Crippen molar-refractivity contribution in [3.8, 4) is 0 Å². The predicted molar refractivity (Wildman–Crippen MR) is 141 cm³/mol. The van der Waals surface area contributed by atoms with Crippen molar-refractivity contribution in [2.24, 2.45) is 0 Å². The van der Waals surface area contributed by atoms with Crippen molar-refractivity contribution >= 4 is 47.2 Å². The lowest BCUT2D eigenvalue weighted by Gasteiger charge is -2.49. The Bertz CT molecular complexity index is 1300. The van der Waals surface area contributed by atoms with Crippen LogP contribution in [-0.4, -0.2) is 90.8 Å². The number of aromatic amines is 1. The number of nitrogens with zero attached hydrogens (tertiary/aromatic N) is 3. The lowest BCUT2D eigenvalue weighted by atomic mass is 10.0. The van der Waals surface area contributed by atoms with Gasteiger partial charge < -0.3 is 20.3 Å². The molecule has 1 aromatic carbocycles. The van der Waals surface area contributed by atoms with Gasteiger partial charge in [0.25, 0.3) is 5.91 Å². The molecule has 5 rings (SSSR count). The van der Waals surface area contributed by atoms with Crippen LogP contribution in [0.3, 0.4) is 0 Å². The number of carboxylic acid groups (broad SMARTS) is 1. The largest absolute Gasteiger partial charge is 0.477 e. The van der Waals surface area contributed by atoms with Crippen molar-refractivity contribution < 1.29 is 37.5 Å². The lowest BCUT2D eigenvalue weighted by molar-refractivity contribution is -0.156. The van der Waals surface area contributed by atoms with Gasteiger partial charge in [0.1, 0.15) is 23.7 Å². The van der Waals surface area contributed by atoms with E-state index in [1.165, 1.54) is 29.6 Å². The smallest absolute Gasteiger partial charge is 0.406 e. The van der Waals surface area contributed by atoms with Gasteiger partial charge in [-0.1, -0.05) is 18.2 Å². The number of hydrogen-bond acceptors (Lipinski definition) is 7. The van der Waals surface area contributed by atoms with Gasteiger partial charge in [0.2, 0.25) is 11.8 Å². The van der Waals surface area contributed by atoms with E-state index in [9.17, 15) is 37.5 Å². The molecule has 3 aliphatic heterocycles. The highest BCUT2D eigenvalue weighted by molar-refractivity contribution is 8.00. The second-order valence-corrected chi connectivity index (χ2v) is 10.9. The average molecular weight is 596 g/mol. The summed E-state index contributed by atoms with van der Waals surface area (Å²) in [6.45, 7) is -1.49. The third-order valence-corrected chi connectivity index (χ3v) is 8.28. The molecule has 1 aromatic heterocycles. The Labute approximate surface area is 235 Å². The van der Waals surface area contributed by atoms with Crippen molar-refractivity contribution in [1.29, 1.82) is 0 Å². The third kappa shape index (κ3) is 7.07. The molecule has 3 amide bonds. The van der Waals surface area contributed by atoms with Gasteiger partial charge in [-0.3, -0.25) is 19.3 Å². The number of fused-ring (bicyclic) bond motifs is 1. The molecule has 2 saturated heterocycles. The van der Waals surface area contributed by atoms with E-state index >= 15 is 0 Å². The van der Waals surface area contributed by atoms with Gasteiger partial charge in [0, 0.05) is 35.2 Å². The zero-order valence-corrected chi connectivity index (χ0v) is 22.4. The molecule has 3 aliphatic rings. The number of thioether (sulfide) groups is 2. The highest BCUT2D eigenvalue weighted by Gasteiger charge is 2.54. The molecule has 10 nitrogen and oxygen atoms in total. The number of nitrogens with one attached hydrogen (secondary N) is 2. The molecule has 2 fully saturated rings. The summed E-state index contributed by atoms with van der Waals surface area (Å²) < 4.78 is 38.0. The fraction of sp³-hybridized carbons (Fsp3) is 0.320. The molecule has 0 spiro atoms. The molecular weight excluding hydrogens is 571 g/mol. The summed E-state index contributed by atoms with van der Waals surface area (Å²) in [4.78, 5) is 58.4. The number of imidazole rings is 1. The number of β-lactam (4-membered cyclic amide) rings is 1. The summed E-state index contributed by atoms with van der Waals surface area (Å²) in [6, 6.07) is 8.34. The Morgan fingerprint density at radius 2 is 2.00 bits per heavy atom. The monoisotopic (exact) mass is 595 g/mol. The number of H-pyrrole nitrogens is 1. The number of carbonyl (C=O) groups is 4. The molecule has 4 heterocycles. The molecule has 0 unspecified atom stereocenters. The van der Waals surface area contributed by atoms with Crippen LogP contribution in [0.4, 0.5) is 13.2 Å². The van der Waals surface area contributed by atoms with E-state index in [0.29, 0.717) is 4.90 Å². The average Bonchev–Trinajstić information content (AvgIpc) is 3.60. The van der Waals surface area contributed by atoms with E-state index in [2.05, 4.69) is 15.3 Å². The number of allylic oxidation sites excluding steroid dienone is 1. The van der Waals surface area contributed by atoms with Gasteiger partial charge in [-0.2, -0.15) is 13.2 Å². The molecule has 15 heteroatoms. The van der Waals surface area contributed by atoms with Crippen molar-refractivity contribution in [2.45, 2.75) is 28.9 Å². The fourth-order valence-electron chi connectivity index (χ4n) is 4.23. The van der Waals surface area contributed by atoms with Crippen LogP contribution in [0.15, 0.2) is 76.9 Å². The molecule has 40 heavy (non-hydrogen) atoms. The van der Waals surface area contributed by atoms with Crippen molar-refractivity contribution in [1.82, 2.24) is 25.1 Å². The number of likely N-dealkylation sites (tertiary alicyclic amines) is 1. The molecule has 2 aromatic rings. The van der Waals surface area contributed by atoms with Gasteiger partial charge >= 0.3 is 12.1 Å². The van der Waals surface area contributed by atoms with Crippen LogP contribution in [0.25, 0.3) is 0 Å². The summed E-state index contributed by atoms with van der Waals surface area (Å²) in [5, 5.41) is 11.8. The first-order chi connectivity index (χ1) is 19.0. The quantitative estimate of drug-likeness (QED) is 0.253. The first-order valence-corrected chi connectivity index (χ1v) is 14.0. The lowest BCUT2D eigenvalue weighted by Crippen LogP contribution is -2.70. The molecule has 2 atom stereocenters. The summed E-state index contributed by atoms with van der Waals surface area (Å²) in [5.41, 5.74) is -0.0796. The Morgan fingerprint density at radius 3 is 2.60 bits per heavy atom. The Kier molecular flexibility index (Phi) is 9.25. The number of aromatic nitrogens is 2. The molecule has 0 radical (unpaired) electrons. The maximum absolute atomic E-state index is 12.7. The van der Waals surface area contributed by atoms with Crippen LogP contribution < -0.4 is 5.32 Å². The van der Waals surface area contributed by atoms with E-state index in [4.69, 9.17) is 0 Å². The maximum Gasteiger partial charge on any atom is 0.406 e. The van der Waals surface area contributed by atoms with Crippen LogP contribution in [0.5, 0.6) is 0 Å². The highest BCUT2D eigenvalue weighted by Crippen LogP contribution is 2.41.